The van der Waals surface area contributed by atoms with E-state index >= 15 is 0 Å². The molecule has 0 aliphatic carbocycles. The summed E-state index contributed by atoms with van der Waals surface area (Å²) in [5, 5.41) is 0.167. The molecule has 1 rings (SSSR count). The Hall–Kier alpha value is -1.20. The third-order valence-corrected chi connectivity index (χ3v) is 3.86. The third-order valence-electron chi connectivity index (χ3n) is 2.90. The minimum Gasteiger partial charge on any atom is -0.465 e. The molecule has 2 N–H and O–H groups in total. The normalized spacial score (nSPS) is 12.2. The minimum atomic E-state index is -0.363. The van der Waals surface area contributed by atoms with E-state index in [-0.39, 0.29) is 11.2 Å². The van der Waals surface area contributed by atoms with E-state index in [4.69, 9.17) is 15.2 Å². The first-order chi connectivity index (χ1) is 8.56. The Bertz CT molecular complexity index is 434. The minimum absolute atomic E-state index is 0.167. The Kier molecular flexibility index (Phi) is 5.50. The van der Waals surface area contributed by atoms with E-state index in [1.54, 1.807) is 24.9 Å². The van der Waals surface area contributed by atoms with Gasteiger partial charge in [-0.2, -0.15) is 11.8 Å². The van der Waals surface area contributed by atoms with Gasteiger partial charge in [0.25, 0.3) is 0 Å². The fourth-order valence-corrected chi connectivity index (χ4v) is 2.53. The molecule has 0 saturated heterocycles. The summed E-state index contributed by atoms with van der Waals surface area (Å²) in [5.74, 6) is -0.363. The number of anilines is 1. The molecule has 1 aromatic rings. The van der Waals surface area contributed by atoms with Crippen LogP contribution in [-0.2, 0) is 9.47 Å². The second-order valence-corrected chi connectivity index (χ2v) is 4.95. The van der Waals surface area contributed by atoms with Crippen molar-refractivity contribution in [2.24, 2.45) is 0 Å². The number of benzene rings is 1. The molecular formula is C13H19NO3S. The lowest BCUT2D eigenvalue weighted by Gasteiger charge is -2.18. The maximum absolute atomic E-state index is 11.6. The number of nitrogen functional groups attached to an aromatic ring is 1. The first-order valence-corrected chi connectivity index (χ1v) is 6.84. The van der Waals surface area contributed by atoms with Gasteiger partial charge in [-0.3, -0.25) is 0 Å². The molecule has 0 aliphatic rings. The molecule has 0 heterocycles. The number of rotatable bonds is 5. The van der Waals surface area contributed by atoms with Crippen LogP contribution in [0.1, 0.15) is 26.7 Å². The second-order valence-electron chi connectivity index (χ2n) is 3.91. The molecule has 4 nitrogen and oxygen atoms in total. The zero-order valence-corrected chi connectivity index (χ0v) is 12.0. The Balaban J connectivity index is 3.18. The Morgan fingerprint density at radius 3 is 2.61 bits per heavy atom. The van der Waals surface area contributed by atoms with Crippen molar-refractivity contribution in [3.63, 3.8) is 0 Å². The van der Waals surface area contributed by atoms with E-state index in [0.717, 1.165) is 11.1 Å². The summed E-state index contributed by atoms with van der Waals surface area (Å²) in [6.07, 6.45) is 2.01. The molecule has 0 spiro atoms. The Morgan fingerprint density at radius 1 is 1.44 bits per heavy atom. The van der Waals surface area contributed by atoms with Crippen LogP contribution in [0, 0.1) is 6.92 Å². The maximum Gasteiger partial charge on any atom is 0.338 e. The highest BCUT2D eigenvalue weighted by molar-refractivity contribution is 7.98. The lowest BCUT2D eigenvalue weighted by molar-refractivity contribution is 0.0600. The van der Waals surface area contributed by atoms with Crippen molar-refractivity contribution in [2.75, 3.05) is 32.8 Å². The van der Waals surface area contributed by atoms with Crippen LogP contribution in [0.2, 0.25) is 0 Å². The van der Waals surface area contributed by atoms with Crippen molar-refractivity contribution >= 4 is 23.4 Å². The molecule has 1 atom stereocenters. The molecule has 1 unspecified atom stereocenters. The van der Waals surface area contributed by atoms with Gasteiger partial charge in [0.15, 0.2) is 0 Å². The molecule has 18 heavy (non-hydrogen) atoms. The predicted octanol–water partition coefficient (Wildman–Crippen LogP) is 2.41. The molecule has 1 aromatic carbocycles. The van der Waals surface area contributed by atoms with Crippen molar-refractivity contribution in [3.8, 4) is 0 Å². The molecular weight excluding hydrogens is 250 g/mol. The van der Waals surface area contributed by atoms with E-state index in [9.17, 15) is 4.79 Å². The Morgan fingerprint density at radius 2 is 2.11 bits per heavy atom. The second kappa shape index (κ2) is 6.66. The molecule has 0 bridgehead atoms. The quantitative estimate of drug-likeness (QED) is 0.657. The zero-order chi connectivity index (χ0) is 13.7. The first kappa shape index (κ1) is 14.9. The number of carbonyl (C=O) groups excluding carboxylic acids is 1. The lowest BCUT2D eigenvalue weighted by atomic mass is 10.00. The van der Waals surface area contributed by atoms with Gasteiger partial charge in [-0.1, -0.05) is 6.07 Å². The van der Waals surface area contributed by atoms with E-state index in [1.807, 2.05) is 19.2 Å². The number of carbonyl (C=O) groups is 1. The summed E-state index contributed by atoms with van der Waals surface area (Å²) in [6, 6.07) is 3.63. The summed E-state index contributed by atoms with van der Waals surface area (Å²) in [4.78, 5) is 11.6. The molecule has 0 amide bonds. The van der Waals surface area contributed by atoms with Gasteiger partial charge in [-0.05, 0) is 30.4 Å². The van der Waals surface area contributed by atoms with Crippen molar-refractivity contribution in [1.82, 2.24) is 0 Å². The van der Waals surface area contributed by atoms with Crippen molar-refractivity contribution in [2.45, 2.75) is 12.2 Å². The SMILES string of the molecule is COCC(SC)c1ccc(C(=O)OC)c(C)c1N. The molecule has 0 radical (unpaired) electrons. The largest absolute Gasteiger partial charge is 0.465 e. The van der Waals surface area contributed by atoms with Gasteiger partial charge in [0.05, 0.1) is 24.5 Å². The lowest BCUT2D eigenvalue weighted by Crippen LogP contribution is -2.11. The maximum atomic E-state index is 11.6. The van der Waals surface area contributed by atoms with Crippen LogP contribution < -0.4 is 5.73 Å². The summed E-state index contributed by atoms with van der Waals surface area (Å²) >= 11 is 1.67. The molecule has 0 aliphatic heterocycles. The smallest absolute Gasteiger partial charge is 0.338 e. The van der Waals surface area contributed by atoms with Crippen LogP contribution in [0.4, 0.5) is 5.69 Å². The summed E-state index contributed by atoms with van der Waals surface area (Å²) in [7, 11) is 3.02. The van der Waals surface area contributed by atoms with Gasteiger partial charge >= 0.3 is 5.97 Å². The van der Waals surface area contributed by atoms with Crippen LogP contribution in [-0.4, -0.2) is 33.1 Å². The molecule has 0 aromatic heterocycles. The highest BCUT2D eigenvalue weighted by atomic mass is 32.2. The monoisotopic (exact) mass is 269 g/mol. The van der Waals surface area contributed by atoms with Crippen LogP contribution in [0.3, 0.4) is 0 Å². The molecule has 0 fully saturated rings. The van der Waals surface area contributed by atoms with Crippen LogP contribution in [0.25, 0.3) is 0 Å². The highest BCUT2D eigenvalue weighted by Gasteiger charge is 2.18. The number of methoxy groups -OCH3 is 2. The van der Waals surface area contributed by atoms with Gasteiger partial charge in [-0.15, -0.1) is 0 Å². The fraction of sp³-hybridized carbons (Fsp3) is 0.462. The summed E-state index contributed by atoms with van der Waals surface area (Å²) in [5.41, 5.74) is 9.00. The van der Waals surface area contributed by atoms with Crippen LogP contribution >= 0.6 is 11.8 Å². The van der Waals surface area contributed by atoms with Crippen LogP contribution in [0.5, 0.6) is 0 Å². The summed E-state index contributed by atoms with van der Waals surface area (Å²) in [6.45, 7) is 2.41. The molecule has 0 saturated carbocycles. The van der Waals surface area contributed by atoms with E-state index < -0.39 is 0 Å². The molecule has 100 valence electrons. The average molecular weight is 269 g/mol. The number of esters is 1. The van der Waals surface area contributed by atoms with Crippen molar-refractivity contribution in [3.05, 3.63) is 28.8 Å². The van der Waals surface area contributed by atoms with Crippen molar-refractivity contribution in [1.29, 1.82) is 0 Å². The van der Waals surface area contributed by atoms with E-state index in [0.29, 0.717) is 17.9 Å². The van der Waals surface area contributed by atoms with Gasteiger partial charge in [-0.25, -0.2) is 4.79 Å². The zero-order valence-electron chi connectivity index (χ0n) is 11.1. The van der Waals surface area contributed by atoms with Crippen LogP contribution in [0.15, 0.2) is 12.1 Å². The third kappa shape index (κ3) is 2.97. The van der Waals surface area contributed by atoms with E-state index in [2.05, 4.69) is 0 Å². The number of thioether (sulfide) groups is 1. The number of ether oxygens (including phenoxy) is 2. The number of hydrogen-bond acceptors (Lipinski definition) is 5. The summed E-state index contributed by atoms with van der Waals surface area (Å²) < 4.78 is 9.90. The van der Waals surface area contributed by atoms with Gasteiger partial charge in [0.1, 0.15) is 0 Å². The average Bonchev–Trinajstić information content (AvgIpc) is 2.38. The van der Waals surface area contributed by atoms with Gasteiger partial charge < -0.3 is 15.2 Å². The molecule has 5 heteroatoms. The standard InChI is InChI=1S/C13H19NO3S/c1-8-9(13(15)17-3)5-6-10(12(8)14)11(18-4)7-16-2/h5-6,11H,7,14H2,1-4H3. The van der Waals surface area contributed by atoms with Crippen molar-refractivity contribution < 1.29 is 14.3 Å². The fourth-order valence-electron chi connectivity index (χ4n) is 1.80. The first-order valence-electron chi connectivity index (χ1n) is 5.55. The van der Waals surface area contributed by atoms with E-state index in [1.165, 1.54) is 7.11 Å². The highest BCUT2D eigenvalue weighted by Crippen LogP contribution is 2.34. The number of nitrogens with two attached hydrogens (primary N) is 1. The topological polar surface area (TPSA) is 61.5 Å². The Labute approximate surface area is 112 Å². The van der Waals surface area contributed by atoms with Gasteiger partial charge in [0.2, 0.25) is 0 Å². The van der Waals surface area contributed by atoms with Gasteiger partial charge in [0, 0.05) is 12.8 Å². The number of hydrogen-bond donors (Lipinski definition) is 1. The predicted molar refractivity (Wildman–Crippen MR) is 75.1 cm³/mol.